The van der Waals surface area contributed by atoms with Gasteiger partial charge in [0.05, 0.1) is 9.21 Å². The second-order valence-corrected chi connectivity index (χ2v) is 6.96. The van der Waals surface area contributed by atoms with Crippen molar-refractivity contribution in [2.45, 2.75) is 19.4 Å². The summed E-state index contributed by atoms with van der Waals surface area (Å²) in [5, 5.41) is 2.79. The van der Waals surface area contributed by atoms with Gasteiger partial charge < -0.3 is 10.2 Å². The number of rotatable bonds is 3. The molecular formula is C16H15ClN2O2S. The monoisotopic (exact) mass is 334 g/mol. The van der Waals surface area contributed by atoms with Crippen LogP contribution in [0.15, 0.2) is 36.4 Å². The maximum atomic E-state index is 12.5. The van der Waals surface area contributed by atoms with Gasteiger partial charge in [0.2, 0.25) is 5.91 Å². The highest BCUT2D eigenvalue weighted by Gasteiger charge is 2.33. The van der Waals surface area contributed by atoms with E-state index in [1.807, 2.05) is 31.2 Å². The topological polar surface area (TPSA) is 49.4 Å². The van der Waals surface area contributed by atoms with Gasteiger partial charge in [-0.25, -0.2) is 0 Å². The van der Waals surface area contributed by atoms with Gasteiger partial charge in [-0.1, -0.05) is 29.3 Å². The van der Waals surface area contributed by atoms with E-state index in [9.17, 15) is 9.59 Å². The molecule has 1 aromatic carbocycles. The Kier molecular flexibility index (Phi) is 4.18. The van der Waals surface area contributed by atoms with E-state index in [0.29, 0.717) is 22.2 Å². The van der Waals surface area contributed by atoms with Crippen LogP contribution in [0.3, 0.4) is 0 Å². The Labute approximate surface area is 137 Å². The number of hydrogen-bond donors (Lipinski definition) is 1. The normalized spacial score (nSPS) is 17.8. The summed E-state index contributed by atoms with van der Waals surface area (Å²) in [7, 11) is 0. The Balaban J connectivity index is 1.68. The molecule has 22 heavy (non-hydrogen) atoms. The summed E-state index contributed by atoms with van der Waals surface area (Å²) in [6, 6.07) is 10.7. The highest BCUT2D eigenvalue weighted by molar-refractivity contribution is 7.18. The predicted octanol–water partition coefficient (Wildman–Crippen LogP) is 3.25. The fourth-order valence-electron chi connectivity index (χ4n) is 2.46. The number of benzene rings is 1. The molecule has 0 unspecified atom stereocenters. The van der Waals surface area contributed by atoms with Crippen LogP contribution in [0.2, 0.25) is 4.34 Å². The average Bonchev–Trinajstić information content (AvgIpc) is 3.08. The molecule has 1 N–H and O–H groups in total. The molecule has 114 valence electrons. The van der Waals surface area contributed by atoms with Crippen LogP contribution in [0.25, 0.3) is 0 Å². The Morgan fingerprint density at radius 1 is 1.27 bits per heavy atom. The van der Waals surface area contributed by atoms with Gasteiger partial charge in [0.1, 0.15) is 6.04 Å². The maximum Gasteiger partial charge on any atom is 0.262 e. The number of hydrogen-bond acceptors (Lipinski definition) is 3. The first kappa shape index (κ1) is 15.1. The van der Waals surface area contributed by atoms with Crippen molar-refractivity contribution >= 4 is 40.4 Å². The van der Waals surface area contributed by atoms with Crippen molar-refractivity contribution in [1.29, 1.82) is 0 Å². The van der Waals surface area contributed by atoms with E-state index in [4.69, 9.17) is 11.6 Å². The zero-order chi connectivity index (χ0) is 15.7. The van der Waals surface area contributed by atoms with Crippen molar-refractivity contribution in [2.75, 3.05) is 11.4 Å². The number of carbonyl (C=O) groups excluding carboxylic acids is 2. The predicted molar refractivity (Wildman–Crippen MR) is 88.7 cm³/mol. The summed E-state index contributed by atoms with van der Waals surface area (Å²) in [5.74, 6) is -0.319. The summed E-state index contributed by atoms with van der Waals surface area (Å²) in [5.41, 5.74) is 2.02. The molecule has 4 nitrogen and oxygen atoms in total. The van der Waals surface area contributed by atoms with Crippen LogP contribution in [0.1, 0.15) is 21.7 Å². The Morgan fingerprint density at radius 3 is 2.64 bits per heavy atom. The third kappa shape index (κ3) is 3.00. The molecule has 0 saturated carbocycles. The Bertz CT molecular complexity index is 711. The van der Waals surface area contributed by atoms with Crippen LogP contribution in [0, 0.1) is 6.92 Å². The molecule has 1 aliphatic rings. The molecule has 0 radical (unpaired) electrons. The Morgan fingerprint density at radius 2 is 2.00 bits per heavy atom. The van der Waals surface area contributed by atoms with E-state index in [1.54, 1.807) is 17.0 Å². The number of thiophene rings is 1. The van der Waals surface area contributed by atoms with Gasteiger partial charge in [-0.15, -0.1) is 11.3 Å². The first-order valence-electron chi connectivity index (χ1n) is 6.99. The van der Waals surface area contributed by atoms with E-state index in [1.165, 1.54) is 11.3 Å². The van der Waals surface area contributed by atoms with Crippen molar-refractivity contribution in [1.82, 2.24) is 5.32 Å². The van der Waals surface area contributed by atoms with Crippen LogP contribution < -0.4 is 10.2 Å². The minimum absolute atomic E-state index is 0.0696. The first-order valence-corrected chi connectivity index (χ1v) is 8.18. The van der Waals surface area contributed by atoms with Gasteiger partial charge in [-0.3, -0.25) is 9.59 Å². The van der Waals surface area contributed by atoms with Crippen molar-refractivity contribution < 1.29 is 9.59 Å². The zero-order valence-corrected chi connectivity index (χ0v) is 13.6. The number of amides is 2. The molecule has 1 saturated heterocycles. The van der Waals surface area contributed by atoms with E-state index < -0.39 is 6.04 Å². The maximum absolute atomic E-state index is 12.5. The summed E-state index contributed by atoms with van der Waals surface area (Å²) >= 11 is 7.04. The summed E-state index contributed by atoms with van der Waals surface area (Å²) < 4.78 is 0.559. The standard InChI is InChI=1S/C16H15ClN2O2S/c1-10-2-4-11(5-3-10)19-9-8-12(16(19)21)18-15(20)13-6-7-14(17)22-13/h2-7,12H,8-9H2,1H3,(H,18,20)/t12-/m0/s1. The molecule has 2 heterocycles. The zero-order valence-electron chi connectivity index (χ0n) is 12.0. The van der Waals surface area contributed by atoms with Crippen LogP contribution in [-0.4, -0.2) is 24.4 Å². The number of halogens is 1. The molecule has 2 amide bonds. The third-order valence-electron chi connectivity index (χ3n) is 3.65. The lowest BCUT2D eigenvalue weighted by molar-refractivity contribution is -0.118. The lowest BCUT2D eigenvalue weighted by atomic mass is 10.2. The largest absolute Gasteiger partial charge is 0.339 e. The molecule has 3 rings (SSSR count). The molecule has 0 spiro atoms. The van der Waals surface area contributed by atoms with Crippen LogP contribution in [0.4, 0.5) is 5.69 Å². The highest BCUT2D eigenvalue weighted by Crippen LogP contribution is 2.24. The smallest absolute Gasteiger partial charge is 0.262 e. The van der Waals surface area contributed by atoms with Gasteiger partial charge >= 0.3 is 0 Å². The lowest BCUT2D eigenvalue weighted by Gasteiger charge is -2.17. The molecule has 1 fully saturated rings. The second-order valence-electron chi connectivity index (χ2n) is 5.24. The molecule has 1 atom stereocenters. The van der Waals surface area contributed by atoms with E-state index >= 15 is 0 Å². The number of anilines is 1. The minimum atomic E-state index is -0.477. The molecule has 0 aliphatic carbocycles. The minimum Gasteiger partial charge on any atom is -0.339 e. The summed E-state index contributed by atoms with van der Waals surface area (Å²) in [6.07, 6.45) is 0.609. The molecule has 1 aromatic heterocycles. The molecule has 6 heteroatoms. The number of carbonyl (C=O) groups is 2. The molecule has 2 aromatic rings. The summed E-state index contributed by atoms with van der Waals surface area (Å²) in [6.45, 7) is 2.61. The van der Waals surface area contributed by atoms with Crippen molar-refractivity contribution in [3.05, 3.63) is 51.2 Å². The SMILES string of the molecule is Cc1ccc(N2CC[C@H](NC(=O)c3ccc(Cl)s3)C2=O)cc1. The first-order chi connectivity index (χ1) is 10.5. The molecule has 0 bridgehead atoms. The van der Waals surface area contributed by atoms with Crippen LogP contribution in [-0.2, 0) is 4.79 Å². The number of aryl methyl sites for hydroxylation is 1. The van der Waals surface area contributed by atoms with E-state index in [2.05, 4.69) is 5.32 Å². The highest BCUT2D eigenvalue weighted by atomic mass is 35.5. The van der Waals surface area contributed by atoms with Crippen molar-refractivity contribution in [3.8, 4) is 0 Å². The average molecular weight is 335 g/mol. The van der Waals surface area contributed by atoms with Crippen molar-refractivity contribution in [3.63, 3.8) is 0 Å². The number of nitrogens with one attached hydrogen (secondary N) is 1. The third-order valence-corrected chi connectivity index (χ3v) is 4.88. The van der Waals surface area contributed by atoms with Crippen molar-refractivity contribution in [2.24, 2.45) is 0 Å². The fourth-order valence-corrected chi connectivity index (χ4v) is 3.41. The van der Waals surface area contributed by atoms with Gasteiger partial charge in [-0.2, -0.15) is 0 Å². The second kappa shape index (κ2) is 6.10. The van der Waals surface area contributed by atoms with E-state index in [0.717, 1.165) is 11.3 Å². The summed E-state index contributed by atoms with van der Waals surface area (Å²) in [4.78, 5) is 26.8. The van der Waals surface area contributed by atoms with Crippen LogP contribution >= 0.6 is 22.9 Å². The quantitative estimate of drug-likeness (QED) is 0.936. The van der Waals surface area contributed by atoms with Crippen LogP contribution in [0.5, 0.6) is 0 Å². The Hall–Kier alpha value is -1.85. The lowest BCUT2D eigenvalue weighted by Crippen LogP contribution is -2.41. The number of nitrogens with zero attached hydrogens (tertiary/aromatic N) is 1. The van der Waals surface area contributed by atoms with Gasteiger partial charge in [0, 0.05) is 12.2 Å². The van der Waals surface area contributed by atoms with E-state index in [-0.39, 0.29) is 11.8 Å². The molecule has 1 aliphatic heterocycles. The van der Waals surface area contributed by atoms with Gasteiger partial charge in [-0.05, 0) is 37.6 Å². The van der Waals surface area contributed by atoms with Gasteiger partial charge in [0.25, 0.3) is 5.91 Å². The molecular weight excluding hydrogens is 320 g/mol. The fraction of sp³-hybridized carbons (Fsp3) is 0.250. The van der Waals surface area contributed by atoms with Gasteiger partial charge in [0.15, 0.2) is 0 Å².